The van der Waals surface area contributed by atoms with Crippen molar-refractivity contribution in [1.82, 2.24) is 4.98 Å². The van der Waals surface area contributed by atoms with Gasteiger partial charge >= 0.3 is 0 Å². The fourth-order valence-corrected chi connectivity index (χ4v) is 2.11. The van der Waals surface area contributed by atoms with Crippen molar-refractivity contribution >= 4 is 17.6 Å². The first kappa shape index (κ1) is 11.3. The predicted molar refractivity (Wildman–Crippen MR) is 56.7 cm³/mol. The van der Waals surface area contributed by atoms with Crippen LogP contribution in [-0.4, -0.2) is 16.4 Å². The molecular weight excluding hydrogens is 198 g/mol. The second kappa shape index (κ2) is 5.22. The Labute approximate surface area is 87.8 Å². The molecule has 0 radical (unpaired) electrons. The predicted octanol–water partition coefficient (Wildman–Crippen LogP) is 2.49. The van der Waals surface area contributed by atoms with Crippen LogP contribution in [-0.2, 0) is 0 Å². The quantitative estimate of drug-likeness (QED) is 0.764. The molecule has 1 heterocycles. The van der Waals surface area contributed by atoms with Gasteiger partial charge in [0.05, 0.1) is 10.6 Å². The molecule has 0 saturated carbocycles. The zero-order valence-corrected chi connectivity index (χ0v) is 9.30. The Kier molecular flexibility index (Phi) is 4.22. The Balaban J connectivity index is 2.70. The van der Waals surface area contributed by atoms with Gasteiger partial charge in [0.25, 0.3) is 0 Å². The summed E-state index contributed by atoms with van der Waals surface area (Å²) in [7, 11) is 0. The highest BCUT2D eigenvalue weighted by Gasteiger charge is 2.14. The molecule has 0 aliphatic rings. The first-order valence-corrected chi connectivity index (χ1v) is 5.61. The van der Waals surface area contributed by atoms with Crippen molar-refractivity contribution in [2.24, 2.45) is 0 Å². The summed E-state index contributed by atoms with van der Waals surface area (Å²) in [6.07, 6.45) is 3.05. The first-order valence-electron chi connectivity index (χ1n) is 4.79. The number of aliphatic hydroxyl groups is 1. The van der Waals surface area contributed by atoms with Crippen molar-refractivity contribution in [2.75, 3.05) is 0 Å². The molecule has 1 N–H and O–H groups in total. The van der Waals surface area contributed by atoms with Gasteiger partial charge in [-0.05, 0) is 13.3 Å². The summed E-state index contributed by atoms with van der Waals surface area (Å²) in [5, 5.41) is 10.4. The molecule has 1 aromatic heterocycles. The second-order valence-corrected chi connectivity index (χ2v) is 4.34. The van der Waals surface area contributed by atoms with E-state index in [0.717, 1.165) is 31.2 Å². The number of carbonyl (C=O) groups is 1. The van der Waals surface area contributed by atoms with Crippen LogP contribution in [0.15, 0.2) is 0 Å². The van der Waals surface area contributed by atoms with Gasteiger partial charge in [-0.25, -0.2) is 4.98 Å². The molecule has 0 fully saturated rings. The zero-order valence-electron chi connectivity index (χ0n) is 8.49. The lowest BCUT2D eigenvalue weighted by Crippen LogP contribution is -1.96. The number of aliphatic hydroxyl groups excluding tert-OH is 1. The lowest BCUT2D eigenvalue weighted by Gasteiger charge is -2.04. The van der Waals surface area contributed by atoms with Crippen LogP contribution in [0.4, 0.5) is 0 Å². The molecule has 0 aliphatic carbocycles. The van der Waals surface area contributed by atoms with Gasteiger partial charge < -0.3 is 5.11 Å². The maximum absolute atomic E-state index is 10.6. The van der Waals surface area contributed by atoms with Crippen molar-refractivity contribution < 1.29 is 9.90 Å². The minimum absolute atomic E-state index is 0.507. The molecule has 14 heavy (non-hydrogen) atoms. The summed E-state index contributed by atoms with van der Waals surface area (Å²) < 4.78 is 0. The third-order valence-electron chi connectivity index (χ3n) is 2.07. The number of hydrogen-bond acceptors (Lipinski definition) is 4. The minimum Gasteiger partial charge on any atom is -0.386 e. The van der Waals surface area contributed by atoms with Gasteiger partial charge in [-0.15, -0.1) is 11.3 Å². The highest BCUT2D eigenvalue weighted by atomic mass is 32.1. The van der Waals surface area contributed by atoms with Gasteiger partial charge in [-0.2, -0.15) is 0 Å². The number of unbranched alkanes of at least 4 members (excludes halogenated alkanes) is 1. The van der Waals surface area contributed by atoms with Crippen LogP contribution < -0.4 is 0 Å². The van der Waals surface area contributed by atoms with E-state index in [2.05, 4.69) is 11.9 Å². The number of nitrogens with zero attached hydrogens (tertiary/aromatic N) is 1. The molecule has 78 valence electrons. The average molecular weight is 213 g/mol. The van der Waals surface area contributed by atoms with E-state index < -0.39 is 6.10 Å². The third kappa shape index (κ3) is 2.62. The summed E-state index contributed by atoms with van der Waals surface area (Å²) in [5.74, 6) is 0. The molecule has 0 aliphatic heterocycles. The van der Waals surface area contributed by atoms with Gasteiger partial charge in [0.15, 0.2) is 6.29 Å². The van der Waals surface area contributed by atoms with Gasteiger partial charge in [-0.1, -0.05) is 19.8 Å². The standard InChI is InChI=1S/C10H15NO2S/c1-3-4-5-8(13)10-11-7(2)9(6-12)14-10/h6,8,13H,3-5H2,1-2H3. The van der Waals surface area contributed by atoms with Crippen LogP contribution in [0.1, 0.15) is 52.7 Å². The fraction of sp³-hybridized carbons (Fsp3) is 0.600. The first-order chi connectivity index (χ1) is 6.69. The number of aromatic nitrogens is 1. The highest BCUT2D eigenvalue weighted by molar-refractivity contribution is 7.13. The van der Waals surface area contributed by atoms with Crippen molar-refractivity contribution in [2.45, 2.75) is 39.2 Å². The molecular formula is C10H15NO2S. The Morgan fingerprint density at radius 1 is 1.64 bits per heavy atom. The molecule has 4 heteroatoms. The highest BCUT2D eigenvalue weighted by Crippen LogP contribution is 2.25. The van der Waals surface area contributed by atoms with Crippen LogP contribution in [0.3, 0.4) is 0 Å². The van der Waals surface area contributed by atoms with Crippen LogP contribution in [0.25, 0.3) is 0 Å². The fourth-order valence-electron chi connectivity index (χ4n) is 1.20. The van der Waals surface area contributed by atoms with E-state index in [9.17, 15) is 9.90 Å². The van der Waals surface area contributed by atoms with E-state index in [-0.39, 0.29) is 0 Å². The smallest absolute Gasteiger partial charge is 0.161 e. The van der Waals surface area contributed by atoms with E-state index in [4.69, 9.17) is 0 Å². The van der Waals surface area contributed by atoms with Crippen molar-refractivity contribution in [3.8, 4) is 0 Å². The molecule has 3 nitrogen and oxygen atoms in total. The summed E-state index contributed by atoms with van der Waals surface area (Å²) >= 11 is 1.29. The maximum Gasteiger partial charge on any atom is 0.161 e. The van der Waals surface area contributed by atoms with Crippen LogP contribution in [0.5, 0.6) is 0 Å². The van der Waals surface area contributed by atoms with E-state index in [1.807, 2.05) is 0 Å². The summed E-state index contributed by atoms with van der Waals surface area (Å²) in [6, 6.07) is 0. The van der Waals surface area contributed by atoms with Crippen molar-refractivity contribution in [3.63, 3.8) is 0 Å². The Hall–Kier alpha value is -0.740. The lowest BCUT2D eigenvalue weighted by atomic mass is 10.2. The normalized spacial score (nSPS) is 12.8. The van der Waals surface area contributed by atoms with E-state index >= 15 is 0 Å². The minimum atomic E-state index is -0.507. The monoisotopic (exact) mass is 213 g/mol. The average Bonchev–Trinajstić information content (AvgIpc) is 2.56. The second-order valence-electron chi connectivity index (χ2n) is 3.28. The molecule has 0 spiro atoms. The van der Waals surface area contributed by atoms with Crippen molar-refractivity contribution in [1.29, 1.82) is 0 Å². The number of hydrogen-bond donors (Lipinski definition) is 1. The molecule has 0 aromatic carbocycles. The van der Waals surface area contributed by atoms with E-state index in [0.29, 0.717) is 9.88 Å². The number of aldehydes is 1. The third-order valence-corrected chi connectivity index (χ3v) is 3.26. The molecule has 0 saturated heterocycles. The SMILES string of the molecule is CCCCC(O)c1nc(C)c(C=O)s1. The van der Waals surface area contributed by atoms with Gasteiger partial charge in [-0.3, -0.25) is 4.79 Å². The molecule has 0 bridgehead atoms. The van der Waals surface area contributed by atoms with Crippen LogP contribution in [0, 0.1) is 6.92 Å². The number of carbonyl (C=O) groups excluding carboxylic acids is 1. The number of thiazole rings is 1. The lowest BCUT2D eigenvalue weighted by molar-refractivity contribution is 0.112. The van der Waals surface area contributed by atoms with E-state index in [1.54, 1.807) is 6.92 Å². The van der Waals surface area contributed by atoms with E-state index in [1.165, 1.54) is 11.3 Å². The summed E-state index contributed by atoms with van der Waals surface area (Å²) in [4.78, 5) is 15.4. The molecule has 1 atom stereocenters. The van der Waals surface area contributed by atoms with Gasteiger partial charge in [0.2, 0.25) is 0 Å². The molecule has 0 amide bonds. The summed E-state index contributed by atoms with van der Waals surface area (Å²) in [6.45, 7) is 3.87. The van der Waals surface area contributed by atoms with Gasteiger partial charge in [0, 0.05) is 0 Å². The topological polar surface area (TPSA) is 50.2 Å². The largest absolute Gasteiger partial charge is 0.386 e. The van der Waals surface area contributed by atoms with Gasteiger partial charge in [0.1, 0.15) is 11.1 Å². The zero-order chi connectivity index (χ0) is 10.6. The van der Waals surface area contributed by atoms with Crippen molar-refractivity contribution in [3.05, 3.63) is 15.6 Å². The number of rotatable bonds is 5. The molecule has 1 aromatic rings. The van der Waals surface area contributed by atoms with Crippen LogP contribution >= 0.6 is 11.3 Å². The van der Waals surface area contributed by atoms with Crippen LogP contribution in [0.2, 0.25) is 0 Å². The molecule has 1 unspecified atom stereocenters. The Bertz CT molecular complexity index is 309. The Morgan fingerprint density at radius 3 is 2.86 bits per heavy atom. The summed E-state index contributed by atoms with van der Waals surface area (Å²) in [5.41, 5.74) is 0.718. The Morgan fingerprint density at radius 2 is 2.36 bits per heavy atom. The number of aryl methyl sites for hydroxylation is 1. The maximum atomic E-state index is 10.6. The molecule has 1 rings (SSSR count).